The topological polar surface area (TPSA) is 41.0 Å². The lowest BCUT2D eigenvalue weighted by Gasteiger charge is -2.20. The molecule has 20 heavy (non-hydrogen) atoms. The summed E-state index contributed by atoms with van der Waals surface area (Å²) in [6.45, 7) is 7.83. The molecule has 0 aliphatic heterocycles. The monoisotopic (exact) mass is 274 g/mol. The molecule has 0 radical (unpaired) electrons. The third-order valence-corrected chi connectivity index (χ3v) is 3.03. The molecule has 1 N–H and O–H groups in total. The highest BCUT2D eigenvalue weighted by molar-refractivity contribution is 5.59. The maximum atomic E-state index is 12.9. The first-order valence-electron chi connectivity index (χ1n) is 6.75. The van der Waals surface area contributed by atoms with Crippen molar-refractivity contribution in [1.29, 1.82) is 0 Å². The Hall–Kier alpha value is -2.17. The number of hydrogen-bond acceptors (Lipinski definition) is 4. The second kappa shape index (κ2) is 6.32. The summed E-state index contributed by atoms with van der Waals surface area (Å²) in [7, 11) is 0. The third kappa shape index (κ3) is 3.44. The number of halogens is 1. The summed E-state index contributed by atoms with van der Waals surface area (Å²) >= 11 is 0. The maximum Gasteiger partial charge on any atom is 0.136 e. The molecule has 0 amide bonds. The highest BCUT2D eigenvalue weighted by Gasteiger charge is 2.07. The predicted octanol–water partition coefficient (Wildman–Crippen LogP) is 3.51. The maximum absolute atomic E-state index is 12.9. The van der Waals surface area contributed by atoms with E-state index in [1.807, 2.05) is 13.0 Å². The van der Waals surface area contributed by atoms with E-state index in [-0.39, 0.29) is 5.82 Å². The van der Waals surface area contributed by atoms with Gasteiger partial charge in [-0.15, -0.1) is 0 Å². The van der Waals surface area contributed by atoms with Crippen molar-refractivity contribution in [2.24, 2.45) is 0 Å². The molecular formula is C15H19FN4. The standard InChI is InChI=1S/C15H19FN4/c1-4-20(5-2)15-10-14(17-11(3)18-15)19-13-8-6-12(16)7-9-13/h6-10H,4-5H2,1-3H3,(H,17,18,19). The first-order valence-corrected chi connectivity index (χ1v) is 6.75. The van der Waals surface area contributed by atoms with Crippen molar-refractivity contribution in [3.8, 4) is 0 Å². The molecule has 2 rings (SSSR count). The van der Waals surface area contributed by atoms with Crippen molar-refractivity contribution >= 4 is 17.3 Å². The van der Waals surface area contributed by atoms with Crippen LogP contribution in [0.3, 0.4) is 0 Å². The van der Waals surface area contributed by atoms with E-state index in [0.29, 0.717) is 11.6 Å². The van der Waals surface area contributed by atoms with Gasteiger partial charge in [-0.1, -0.05) is 0 Å². The largest absolute Gasteiger partial charge is 0.357 e. The van der Waals surface area contributed by atoms with Crippen molar-refractivity contribution in [3.63, 3.8) is 0 Å². The van der Waals surface area contributed by atoms with Crippen LogP contribution < -0.4 is 10.2 Å². The zero-order chi connectivity index (χ0) is 14.5. The molecule has 0 atom stereocenters. The Bertz CT molecular complexity index is 565. The SMILES string of the molecule is CCN(CC)c1cc(Nc2ccc(F)cc2)nc(C)n1. The van der Waals surface area contributed by atoms with Crippen molar-refractivity contribution < 1.29 is 4.39 Å². The Morgan fingerprint density at radius 2 is 1.75 bits per heavy atom. The zero-order valence-electron chi connectivity index (χ0n) is 12.0. The molecule has 0 saturated heterocycles. The molecule has 0 unspecified atom stereocenters. The van der Waals surface area contributed by atoms with E-state index >= 15 is 0 Å². The highest BCUT2D eigenvalue weighted by atomic mass is 19.1. The molecule has 0 bridgehead atoms. The fourth-order valence-electron chi connectivity index (χ4n) is 2.01. The van der Waals surface area contributed by atoms with Gasteiger partial charge < -0.3 is 10.2 Å². The molecule has 2 aromatic rings. The quantitative estimate of drug-likeness (QED) is 0.905. The summed E-state index contributed by atoms with van der Waals surface area (Å²) in [5.74, 6) is 2.07. The lowest BCUT2D eigenvalue weighted by atomic mass is 10.3. The number of hydrogen-bond donors (Lipinski definition) is 1. The average molecular weight is 274 g/mol. The molecule has 0 spiro atoms. The number of benzene rings is 1. The Morgan fingerprint density at radius 1 is 1.10 bits per heavy atom. The number of aromatic nitrogens is 2. The van der Waals surface area contributed by atoms with Crippen LogP contribution in [0.15, 0.2) is 30.3 Å². The van der Waals surface area contributed by atoms with E-state index in [1.54, 1.807) is 12.1 Å². The molecule has 0 aliphatic rings. The van der Waals surface area contributed by atoms with Gasteiger partial charge >= 0.3 is 0 Å². The summed E-state index contributed by atoms with van der Waals surface area (Å²) < 4.78 is 12.9. The normalized spacial score (nSPS) is 10.4. The molecule has 106 valence electrons. The molecule has 0 saturated carbocycles. The first-order chi connectivity index (χ1) is 9.62. The van der Waals surface area contributed by atoms with Crippen LogP contribution in [-0.4, -0.2) is 23.1 Å². The van der Waals surface area contributed by atoms with Crippen LogP contribution in [0.2, 0.25) is 0 Å². The smallest absolute Gasteiger partial charge is 0.136 e. The van der Waals surface area contributed by atoms with Gasteiger partial charge in [0.25, 0.3) is 0 Å². The molecular weight excluding hydrogens is 255 g/mol. The second-order valence-corrected chi connectivity index (χ2v) is 4.46. The van der Waals surface area contributed by atoms with Gasteiger partial charge in [0.1, 0.15) is 23.3 Å². The summed E-state index contributed by atoms with van der Waals surface area (Å²) in [6.07, 6.45) is 0. The second-order valence-electron chi connectivity index (χ2n) is 4.46. The first kappa shape index (κ1) is 14.2. The predicted molar refractivity (Wildman–Crippen MR) is 80.0 cm³/mol. The van der Waals surface area contributed by atoms with Gasteiger partial charge in [-0.05, 0) is 45.0 Å². The van der Waals surface area contributed by atoms with Crippen LogP contribution in [0.25, 0.3) is 0 Å². The number of aryl methyl sites for hydroxylation is 1. The third-order valence-electron chi connectivity index (χ3n) is 3.03. The van der Waals surface area contributed by atoms with Crippen LogP contribution in [0.5, 0.6) is 0 Å². The van der Waals surface area contributed by atoms with E-state index < -0.39 is 0 Å². The molecule has 1 aromatic carbocycles. The number of rotatable bonds is 5. The van der Waals surface area contributed by atoms with Crippen LogP contribution in [-0.2, 0) is 0 Å². The van der Waals surface area contributed by atoms with Crippen molar-refractivity contribution in [3.05, 3.63) is 42.0 Å². The lowest BCUT2D eigenvalue weighted by Crippen LogP contribution is -2.23. The van der Waals surface area contributed by atoms with Crippen molar-refractivity contribution in [1.82, 2.24) is 9.97 Å². The molecule has 0 fully saturated rings. The van der Waals surface area contributed by atoms with Gasteiger partial charge in [0.15, 0.2) is 0 Å². The minimum Gasteiger partial charge on any atom is -0.357 e. The van der Waals surface area contributed by atoms with Crippen LogP contribution in [0.1, 0.15) is 19.7 Å². The summed E-state index contributed by atoms with van der Waals surface area (Å²) in [6, 6.07) is 8.11. The van der Waals surface area contributed by atoms with Gasteiger partial charge in [-0.3, -0.25) is 0 Å². The number of nitrogens with one attached hydrogen (secondary N) is 1. The Labute approximate surface area is 118 Å². The van der Waals surface area contributed by atoms with Crippen molar-refractivity contribution in [2.45, 2.75) is 20.8 Å². The fraction of sp³-hybridized carbons (Fsp3) is 0.333. The Kier molecular flexibility index (Phi) is 4.50. The Morgan fingerprint density at radius 3 is 2.35 bits per heavy atom. The van der Waals surface area contributed by atoms with Gasteiger partial charge in [0.05, 0.1) is 0 Å². The zero-order valence-corrected chi connectivity index (χ0v) is 12.0. The van der Waals surface area contributed by atoms with E-state index in [0.717, 1.165) is 24.6 Å². The van der Waals surface area contributed by atoms with Crippen LogP contribution in [0, 0.1) is 12.7 Å². The van der Waals surface area contributed by atoms with Gasteiger partial charge in [0, 0.05) is 24.8 Å². The van der Waals surface area contributed by atoms with E-state index in [1.165, 1.54) is 12.1 Å². The minimum absolute atomic E-state index is 0.252. The van der Waals surface area contributed by atoms with E-state index in [2.05, 4.69) is 34.0 Å². The highest BCUT2D eigenvalue weighted by Crippen LogP contribution is 2.19. The molecule has 5 heteroatoms. The summed E-state index contributed by atoms with van der Waals surface area (Å²) in [5.41, 5.74) is 0.801. The average Bonchev–Trinajstić information content (AvgIpc) is 2.42. The molecule has 1 aromatic heterocycles. The molecule has 0 aliphatic carbocycles. The number of nitrogens with zero attached hydrogens (tertiary/aromatic N) is 3. The summed E-state index contributed by atoms with van der Waals surface area (Å²) in [4.78, 5) is 11.0. The van der Waals surface area contributed by atoms with Gasteiger partial charge in [-0.2, -0.15) is 0 Å². The number of anilines is 3. The van der Waals surface area contributed by atoms with Gasteiger partial charge in [0.2, 0.25) is 0 Å². The van der Waals surface area contributed by atoms with Crippen molar-refractivity contribution in [2.75, 3.05) is 23.3 Å². The minimum atomic E-state index is -0.252. The van der Waals surface area contributed by atoms with Crippen LogP contribution in [0.4, 0.5) is 21.7 Å². The van der Waals surface area contributed by atoms with E-state index in [4.69, 9.17) is 0 Å². The van der Waals surface area contributed by atoms with Gasteiger partial charge in [-0.25, -0.2) is 14.4 Å². The van der Waals surface area contributed by atoms with E-state index in [9.17, 15) is 4.39 Å². The van der Waals surface area contributed by atoms with Crippen LogP contribution >= 0.6 is 0 Å². The lowest BCUT2D eigenvalue weighted by molar-refractivity contribution is 0.628. The summed E-state index contributed by atoms with van der Waals surface area (Å²) in [5, 5.41) is 3.17. The molecule has 1 heterocycles. The molecule has 4 nitrogen and oxygen atoms in total. The Balaban J connectivity index is 2.25. The fourth-order valence-corrected chi connectivity index (χ4v) is 2.01.